The maximum absolute atomic E-state index is 11.5. The van der Waals surface area contributed by atoms with E-state index in [2.05, 4.69) is 23.3 Å². The Hall–Kier alpha value is -2.05. The number of piperidine rings is 1. The van der Waals surface area contributed by atoms with Gasteiger partial charge in [0.05, 0.1) is 26.2 Å². The number of carbonyl (C=O) groups is 1. The molecule has 5 nitrogen and oxygen atoms in total. The summed E-state index contributed by atoms with van der Waals surface area (Å²) in [6, 6.07) is 8.02. The molecule has 1 saturated heterocycles. The summed E-state index contributed by atoms with van der Waals surface area (Å²) in [4.78, 5) is 15.0. The number of carboxylic acid groups (broad SMARTS) is 1. The molecule has 2 heterocycles. The standard InChI is InChI=1S/C20H25NO4S/c1-13-9-18(26-12-13)19(21-8-4-5-14(11-21)20(22)23)16-7-6-15(24-2)10-17(16)25-3/h6-7,9-10,12,14,19H,4-5,8,11H2,1-3H3,(H,22,23). The third kappa shape index (κ3) is 3.86. The van der Waals surface area contributed by atoms with Crippen LogP contribution in [0.5, 0.6) is 11.5 Å². The van der Waals surface area contributed by atoms with Gasteiger partial charge in [-0.25, -0.2) is 0 Å². The van der Waals surface area contributed by atoms with Gasteiger partial charge in [0.15, 0.2) is 0 Å². The molecule has 0 amide bonds. The van der Waals surface area contributed by atoms with E-state index in [-0.39, 0.29) is 12.0 Å². The van der Waals surface area contributed by atoms with Gasteiger partial charge < -0.3 is 14.6 Å². The number of aliphatic carboxylic acids is 1. The van der Waals surface area contributed by atoms with Crippen molar-refractivity contribution in [2.75, 3.05) is 27.3 Å². The third-order valence-corrected chi connectivity index (χ3v) is 6.03. The minimum atomic E-state index is -0.711. The van der Waals surface area contributed by atoms with Gasteiger partial charge in [-0.1, -0.05) is 0 Å². The van der Waals surface area contributed by atoms with E-state index in [1.54, 1.807) is 25.6 Å². The summed E-state index contributed by atoms with van der Waals surface area (Å²) in [5, 5.41) is 11.6. The van der Waals surface area contributed by atoms with Crippen LogP contribution in [-0.4, -0.2) is 43.3 Å². The van der Waals surface area contributed by atoms with Crippen molar-refractivity contribution in [3.63, 3.8) is 0 Å². The fourth-order valence-corrected chi connectivity index (χ4v) is 4.66. The Morgan fingerprint density at radius 3 is 2.73 bits per heavy atom. The summed E-state index contributed by atoms with van der Waals surface area (Å²) < 4.78 is 11.0. The minimum Gasteiger partial charge on any atom is -0.497 e. The van der Waals surface area contributed by atoms with Crippen LogP contribution in [0.25, 0.3) is 0 Å². The zero-order valence-corrected chi connectivity index (χ0v) is 16.2. The van der Waals surface area contributed by atoms with E-state index in [1.807, 2.05) is 18.2 Å². The van der Waals surface area contributed by atoms with Gasteiger partial charge in [-0.2, -0.15) is 0 Å². The summed E-state index contributed by atoms with van der Waals surface area (Å²) in [5.74, 6) is 0.473. The van der Waals surface area contributed by atoms with Gasteiger partial charge in [0.1, 0.15) is 11.5 Å². The molecule has 1 aliphatic heterocycles. The molecular weight excluding hydrogens is 350 g/mol. The summed E-state index contributed by atoms with van der Waals surface area (Å²) in [6.45, 7) is 3.51. The van der Waals surface area contributed by atoms with Gasteiger partial charge in [0.2, 0.25) is 0 Å². The van der Waals surface area contributed by atoms with Gasteiger partial charge in [-0.15, -0.1) is 11.3 Å². The summed E-state index contributed by atoms with van der Waals surface area (Å²) in [5.41, 5.74) is 2.26. The molecule has 2 aromatic rings. The second kappa shape index (κ2) is 8.10. The molecule has 2 unspecified atom stereocenters. The van der Waals surface area contributed by atoms with E-state index in [1.165, 1.54) is 10.4 Å². The van der Waals surface area contributed by atoms with Crippen LogP contribution < -0.4 is 9.47 Å². The molecule has 1 aliphatic rings. The van der Waals surface area contributed by atoms with Crippen LogP contribution in [-0.2, 0) is 4.79 Å². The topological polar surface area (TPSA) is 59.0 Å². The Bertz CT molecular complexity index is 773. The number of methoxy groups -OCH3 is 2. The van der Waals surface area contributed by atoms with Crippen LogP contribution in [0.3, 0.4) is 0 Å². The first-order valence-corrected chi connectivity index (χ1v) is 9.65. The lowest BCUT2D eigenvalue weighted by Gasteiger charge is -2.37. The first-order valence-electron chi connectivity index (χ1n) is 8.77. The number of aryl methyl sites for hydroxylation is 1. The van der Waals surface area contributed by atoms with E-state index in [0.717, 1.165) is 36.4 Å². The van der Waals surface area contributed by atoms with Crippen LogP contribution in [0.1, 0.15) is 34.9 Å². The van der Waals surface area contributed by atoms with Crippen LogP contribution in [0.2, 0.25) is 0 Å². The maximum atomic E-state index is 11.5. The van der Waals surface area contributed by atoms with Crippen molar-refractivity contribution in [3.8, 4) is 11.5 Å². The molecule has 0 saturated carbocycles. The van der Waals surface area contributed by atoms with E-state index >= 15 is 0 Å². The van der Waals surface area contributed by atoms with Gasteiger partial charge in [0, 0.05) is 23.1 Å². The van der Waals surface area contributed by atoms with E-state index in [4.69, 9.17) is 9.47 Å². The lowest BCUT2D eigenvalue weighted by Crippen LogP contribution is -2.41. The Morgan fingerprint density at radius 2 is 2.12 bits per heavy atom. The summed E-state index contributed by atoms with van der Waals surface area (Å²) in [6.07, 6.45) is 1.62. The predicted molar refractivity (Wildman–Crippen MR) is 102 cm³/mol. The Morgan fingerprint density at radius 1 is 1.31 bits per heavy atom. The van der Waals surface area contributed by atoms with Gasteiger partial charge in [-0.3, -0.25) is 9.69 Å². The molecular formula is C20H25NO4S. The third-order valence-electron chi connectivity index (χ3n) is 4.92. The monoisotopic (exact) mass is 375 g/mol. The number of ether oxygens (including phenoxy) is 2. The molecule has 0 spiro atoms. The SMILES string of the molecule is COc1ccc(C(c2cc(C)cs2)N2CCCC(C(=O)O)C2)c(OC)c1. The van der Waals surface area contributed by atoms with Crippen molar-refractivity contribution in [1.29, 1.82) is 0 Å². The largest absolute Gasteiger partial charge is 0.497 e. The molecule has 26 heavy (non-hydrogen) atoms. The van der Waals surface area contributed by atoms with Gasteiger partial charge in [-0.05, 0) is 55.5 Å². The lowest BCUT2D eigenvalue weighted by atomic mass is 9.93. The number of nitrogens with zero attached hydrogens (tertiary/aromatic N) is 1. The van der Waals surface area contributed by atoms with Crippen LogP contribution in [0.15, 0.2) is 29.6 Å². The maximum Gasteiger partial charge on any atom is 0.307 e. The molecule has 0 radical (unpaired) electrons. The molecule has 0 aliphatic carbocycles. The highest BCUT2D eigenvalue weighted by molar-refractivity contribution is 7.10. The normalized spacial score (nSPS) is 19.1. The number of benzene rings is 1. The van der Waals surface area contributed by atoms with Crippen LogP contribution in [0, 0.1) is 12.8 Å². The molecule has 1 fully saturated rings. The molecule has 1 aromatic carbocycles. The Balaban J connectivity index is 2.03. The smallest absolute Gasteiger partial charge is 0.307 e. The Labute approximate surface area is 158 Å². The molecule has 1 aromatic heterocycles. The molecule has 3 rings (SSSR count). The first kappa shape index (κ1) is 18.7. The van der Waals surface area contributed by atoms with Crippen molar-refractivity contribution in [2.45, 2.75) is 25.8 Å². The number of hydrogen-bond acceptors (Lipinski definition) is 5. The van der Waals surface area contributed by atoms with Crippen LogP contribution in [0.4, 0.5) is 0 Å². The summed E-state index contributed by atoms with van der Waals surface area (Å²) >= 11 is 1.71. The van der Waals surface area contributed by atoms with E-state index < -0.39 is 5.97 Å². The molecule has 6 heteroatoms. The predicted octanol–water partition coefficient (Wildman–Crippen LogP) is 3.96. The molecule has 2 atom stereocenters. The quantitative estimate of drug-likeness (QED) is 0.828. The molecule has 0 bridgehead atoms. The fourth-order valence-electron chi connectivity index (χ4n) is 3.61. The highest BCUT2D eigenvalue weighted by atomic mass is 32.1. The van der Waals surface area contributed by atoms with E-state index in [9.17, 15) is 9.90 Å². The van der Waals surface area contributed by atoms with Gasteiger partial charge >= 0.3 is 5.97 Å². The first-order chi connectivity index (χ1) is 12.5. The second-order valence-corrected chi connectivity index (χ2v) is 7.65. The zero-order chi connectivity index (χ0) is 18.7. The van der Waals surface area contributed by atoms with E-state index in [0.29, 0.717) is 6.54 Å². The average molecular weight is 375 g/mol. The second-order valence-electron chi connectivity index (χ2n) is 6.71. The van der Waals surface area contributed by atoms with Gasteiger partial charge in [0.25, 0.3) is 0 Å². The highest BCUT2D eigenvalue weighted by Gasteiger charge is 2.33. The molecule has 1 N–H and O–H groups in total. The number of likely N-dealkylation sites (tertiary alicyclic amines) is 1. The highest BCUT2D eigenvalue weighted by Crippen LogP contribution is 2.40. The number of hydrogen-bond donors (Lipinski definition) is 1. The Kier molecular flexibility index (Phi) is 5.84. The number of rotatable bonds is 6. The van der Waals surface area contributed by atoms with Crippen molar-refractivity contribution in [2.24, 2.45) is 5.92 Å². The van der Waals surface area contributed by atoms with Crippen LogP contribution >= 0.6 is 11.3 Å². The van der Waals surface area contributed by atoms with Crippen molar-refractivity contribution in [3.05, 3.63) is 45.6 Å². The fraction of sp³-hybridized carbons (Fsp3) is 0.450. The number of thiophene rings is 1. The lowest BCUT2D eigenvalue weighted by molar-refractivity contribution is -0.143. The van der Waals surface area contributed by atoms with Crippen molar-refractivity contribution in [1.82, 2.24) is 4.90 Å². The average Bonchev–Trinajstić information content (AvgIpc) is 3.08. The van der Waals surface area contributed by atoms with Crippen molar-refractivity contribution < 1.29 is 19.4 Å². The molecule has 140 valence electrons. The summed E-state index contributed by atoms with van der Waals surface area (Å²) in [7, 11) is 3.29. The zero-order valence-electron chi connectivity index (χ0n) is 15.4. The minimum absolute atomic E-state index is 0.0169. The number of carboxylic acids is 1. The van der Waals surface area contributed by atoms with Crippen molar-refractivity contribution >= 4 is 17.3 Å².